The smallest absolute Gasteiger partial charge is 0.195 e. The van der Waals surface area contributed by atoms with E-state index in [9.17, 15) is 4.79 Å². The minimum atomic E-state index is -0.0198. The first-order valence-electron chi connectivity index (χ1n) is 6.00. The second kappa shape index (κ2) is 5.61. The molecule has 20 heavy (non-hydrogen) atoms. The Morgan fingerprint density at radius 1 is 1.10 bits per heavy atom. The number of nitrogens with zero attached hydrogens (tertiary/aromatic N) is 1. The van der Waals surface area contributed by atoms with Crippen LogP contribution in [0, 0.1) is 3.57 Å². The zero-order chi connectivity index (χ0) is 14.1. The van der Waals surface area contributed by atoms with Gasteiger partial charge >= 0.3 is 0 Å². The van der Waals surface area contributed by atoms with E-state index in [0.29, 0.717) is 11.1 Å². The summed E-state index contributed by atoms with van der Waals surface area (Å²) in [4.78, 5) is 16.9. The van der Waals surface area contributed by atoms with Crippen LogP contribution in [0.4, 0.5) is 0 Å². The maximum atomic E-state index is 12.6. The van der Waals surface area contributed by atoms with Crippen LogP contribution >= 0.6 is 38.5 Å². The van der Waals surface area contributed by atoms with E-state index in [1.165, 1.54) is 0 Å². The lowest BCUT2D eigenvalue weighted by molar-refractivity contribution is 0.103. The number of aromatic nitrogens is 1. The maximum Gasteiger partial charge on any atom is 0.195 e. The minimum Gasteiger partial charge on any atom is -0.289 e. The van der Waals surface area contributed by atoms with Gasteiger partial charge in [-0.15, -0.1) is 0 Å². The molecule has 0 unspecified atom stereocenters. The van der Waals surface area contributed by atoms with Crippen molar-refractivity contribution in [1.82, 2.24) is 4.98 Å². The number of benzene rings is 2. The van der Waals surface area contributed by atoms with Crippen molar-refractivity contribution in [3.05, 3.63) is 73.9 Å². The van der Waals surface area contributed by atoms with Gasteiger partial charge in [0, 0.05) is 30.8 Å². The Bertz CT molecular complexity index is 816. The summed E-state index contributed by atoms with van der Waals surface area (Å²) in [6, 6.07) is 15.4. The monoisotopic (exact) mass is 437 g/mol. The molecule has 2 aromatic carbocycles. The van der Waals surface area contributed by atoms with Gasteiger partial charge in [-0.25, -0.2) is 0 Å². The summed E-state index contributed by atoms with van der Waals surface area (Å²) in [5.41, 5.74) is 2.16. The van der Waals surface area contributed by atoms with E-state index < -0.39 is 0 Å². The zero-order valence-corrected chi connectivity index (χ0v) is 14.1. The first-order valence-corrected chi connectivity index (χ1v) is 7.87. The van der Waals surface area contributed by atoms with Gasteiger partial charge in [-0.2, -0.15) is 0 Å². The number of carbonyl (C=O) groups excluding carboxylic acids is 1. The molecule has 98 valence electrons. The molecular weight excluding hydrogens is 429 g/mol. The topological polar surface area (TPSA) is 30.0 Å². The molecule has 1 heterocycles. The van der Waals surface area contributed by atoms with Crippen molar-refractivity contribution in [2.24, 2.45) is 0 Å². The molecule has 0 spiro atoms. The lowest BCUT2D eigenvalue weighted by Crippen LogP contribution is -2.03. The molecule has 0 fully saturated rings. The van der Waals surface area contributed by atoms with E-state index in [0.717, 1.165) is 18.9 Å². The molecule has 0 saturated heterocycles. The number of hydrogen-bond donors (Lipinski definition) is 0. The van der Waals surface area contributed by atoms with Gasteiger partial charge in [0.15, 0.2) is 5.78 Å². The van der Waals surface area contributed by atoms with Crippen molar-refractivity contribution in [1.29, 1.82) is 0 Å². The predicted octanol–water partition coefficient (Wildman–Crippen LogP) is 4.83. The van der Waals surface area contributed by atoms with Crippen LogP contribution in [0.25, 0.3) is 10.9 Å². The molecule has 4 heteroatoms. The molecule has 0 N–H and O–H groups in total. The number of pyridine rings is 1. The van der Waals surface area contributed by atoms with Crippen LogP contribution in [0.5, 0.6) is 0 Å². The van der Waals surface area contributed by atoms with Gasteiger partial charge in [0.25, 0.3) is 0 Å². The molecule has 3 rings (SSSR count). The molecule has 0 aliphatic heterocycles. The molecular formula is C16H9BrINO. The Balaban J connectivity index is 2.10. The summed E-state index contributed by atoms with van der Waals surface area (Å²) in [6.45, 7) is 0. The highest BCUT2D eigenvalue weighted by Gasteiger charge is 2.14. The lowest BCUT2D eigenvalue weighted by Gasteiger charge is -2.05. The first-order chi connectivity index (χ1) is 9.65. The van der Waals surface area contributed by atoms with E-state index in [-0.39, 0.29) is 5.78 Å². The molecule has 0 atom stereocenters. The van der Waals surface area contributed by atoms with Gasteiger partial charge in [0.2, 0.25) is 0 Å². The zero-order valence-electron chi connectivity index (χ0n) is 10.3. The van der Waals surface area contributed by atoms with Gasteiger partial charge in [-0.1, -0.05) is 34.1 Å². The maximum absolute atomic E-state index is 12.6. The molecule has 0 aliphatic rings. The summed E-state index contributed by atoms with van der Waals surface area (Å²) >= 11 is 5.63. The van der Waals surface area contributed by atoms with Crippen molar-refractivity contribution >= 4 is 55.2 Å². The van der Waals surface area contributed by atoms with Crippen molar-refractivity contribution in [3.63, 3.8) is 0 Å². The summed E-state index contributed by atoms with van der Waals surface area (Å²) in [6.07, 6.45) is 1.64. The van der Waals surface area contributed by atoms with Crippen LogP contribution in [0.15, 0.2) is 59.2 Å². The Morgan fingerprint density at radius 3 is 2.75 bits per heavy atom. The number of halogens is 2. The lowest BCUT2D eigenvalue weighted by atomic mass is 10.0. The van der Waals surface area contributed by atoms with E-state index in [1.807, 2.05) is 48.5 Å². The largest absolute Gasteiger partial charge is 0.289 e. The number of fused-ring (bicyclic) bond motifs is 1. The quantitative estimate of drug-likeness (QED) is 0.424. The minimum absolute atomic E-state index is 0.0198. The highest BCUT2D eigenvalue weighted by molar-refractivity contribution is 14.1. The van der Waals surface area contributed by atoms with Crippen molar-refractivity contribution in [2.75, 3.05) is 0 Å². The summed E-state index contributed by atoms with van der Waals surface area (Å²) in [5, 5.41) is 0.972. The van der Waals surface area contributed by atoms with E-state index in [1.54, 1.807) is 6.20 Å². The fourth-order valence-corrected chi connectivity index (χ4v) is 2.94. The summed E-state index contributed by atoms with van der Waals surface area (Å²) in [7, 11) is 0. The van der Waals surface area contributed by atoms with Crippen LogP contribution in [0.2, 0.25) is 0 Å². The van der Waals surface area contributed by atoms with E-state index in [2.05, 4.69) is 43.5 Å². The Kier molecular flexibility index (Phi) is 3.85. The van der Waals surface area contributed by atoms with Crippen LogP contribution in [-0.2, 0) is 0 Å². The highest BCUT2D eigenvalue weighted by atomic mass is 127. The number of para-hydroxylation sites is 1. The number of ketones is 1. The van der Waals surface area contributed by atoms with Crippen molar-refractivity contribution in [3.8, 4) is 0 Å². The van der Waals surface area contributed by atoms with Crippen molar-refractivity contribution < 1.29 is 4.79 Å². The first kappa shape index (κ1) is 13.7. The molecule has 0 radical (unpaired) electrons. The predicted molar refractivity (Wildman–Crippen MR) is 92.0 cm³/mol. The van der Waals surface area contributed by atoms with Gasteiger partial charge in [0.05, 0.1) is 5.52 Å². The Labute approximate surface area is 138 Å². The van der Waals surface area contributed by atoms with E-state index in [4.69, 9.17) is 0 Å². The molecule has 0 amide bonds. The van der Waals surface area contributed by atoms with Gasteiger partial charge in [0.1, 0.15) is 0 Å². The Morgan fingerprint density at radius 2 is 1.90 bits per heavy atom. The van der Waals surface area contributed by atoms with Crippen LogP contribution in [0.3, 0.4) is 0 Å². The molecule has 2 nitrogen and oxygen atoms in total. The molecule has 3 aromatic rings. The third kappa shape index (κ3) is 2.62. The Hall–Kier alpha value is -1.27. The third-order valence-corrected chi connectivity index (χ3v) is 4.39. The van der Waals surface area contributed by atoms with E-state index >= 15 is 0 Å². The summed E-state index contributed by atoms with van der Waals surface area (Å²) < 4.78 is 1.83. The van der Waals surface area contributed by atoms with Gasteiger partial charge in [-0.05, 0) is 52.9 Å². The number of rotatable bonds is 2. The normalized spacial score (nSPS) is 10.7. The second-order valence-electron chi connectivity index (χ2n) is 4.37. The van der Waals surface area contributed by atoms with Gasteiger partial charge < -0.3 is 0 Å². The van der Waals surface area contributed by atoms with Crippen LogP contribution in [0.1, 0.15) is 15.9 Å². The van der Waals surface area contributed by atoms with Gasteiger partial charge in [-0.3, -0.25) is 9.78 Å². The molecule has 0 bridgehead atoms. The van der Waals surface area contributed by atoms with Crippen LogP contribution in [-0.4, -0.2) is 10.8 Å². The van der Waals surface area contributed by atoms with Crippen molar-refractivity contribution in [2.45, 2.75) is 0 Å². The molecule has 0 aliphatic carbocycles. The molecule has 0 saturated carbocycles. The standard InChI is InChI=1S/C16H9BrINO/c17-14-6-5-12(18)8-13(14)16(20)11-7-10-3-1-2-4-15(10)19-9-11/h1-9H. The third-order valence-electron chi connectivity index (χ3n) is 3.03. The fourth-order valence-electron chi connectivity index (χ4n) is 2.02. The fraction of sp³-hybridized carbons (Fsp3) is 0. The SMILES string of the molecule is O=C(c1cnc2ccccc2c1)c1cc(I)ccc1Br. The summed E-state index contributed by atoms with van der Waals surface area (Å²) in [5.74, 6) is -0.0198. The number of hydrogen-bond acceptors (Lipinski definition) is 2. The average molecular weight is 438 g/mol. The number of carbonyl (C=O) groups is 1. The van der Waals surface area contributed by atoms with Crippen LogP contribution < -0.4 is 0 Å². The average Bonchev–Trinajstić information content (AvgIpc) is 2.48. The second-order valence-corrected chi connectivity index (χ2v) is 6.47. The highest BCUT2D eigenvalue weighted by Crippen LogP contribution is 2.23. The molecule has 1 aromatic heterocycles.